The Balaban J connectivity index is 1.31. The molecule has 5 rings (SSSR count). The second kappa shape index (κ2) is 15.1. The number of carbonyl (C=O) groups excluding carboxylic acids is 1. The molecule has 0 aliphatic heterocycles. The Hall–Kier alpha value is -5.27. The van der Waals surface area contributed by atoms with Crippen molar-refractivity contribution in [3.05, 3.63) is 98.7 Å². The molecule has 0 aliphatic rings. The number of amides is 1. The summed E-state index contributed by atoms with van der Waals surface area (Å²) in [6.45, 7) is -0.604. The molecule has 0 bridgehead atoms. The van der Waals surface area contributed by atoms with Crippen LogP contribution in [0.25, 0.3) is 17.2 Å². The molecule has 16 nitrogen and oxygen atoms in total. The van der Waals surface area contributed by atoms with Crippen LogP contribution >= 0.6 is 15.9 Å². The molecule has 0 fully saturated rings. The van der Waals surface area contributed by atoms with Crippen molar-refractivity contribution in [2.75, 3.05) is 32.6 Å². The monoisotopic (exact) mass is 747 g/mol. The van der Waals surface area contributed by atoms with Gasteiger partial charge in [0.05, 0.1) is 24.4 Å². The number of anilines is 1. The number of rotatable bonds is 14. The predicted molar refractivity (Wildman–Crippen MR) is 170 cm³/mol. The van der Waals surface area contributed by atoms with Gasteiger partial charge in [-0.1, -0.05) is 29.4 Å². The van der Waals surface area contributed by atoms with E-state index in [2.05, 4.69) is 36.7 Å². The summed E-state index contributed by atoms with van der Waals surface area (Å²) >= 11 is 3.08. The number of halogens is 2. The summed E-state index contributed by atoms with van der Waals surface area (Å²) in [5.74, 6) is -0.388. The molecular formula is C29H27BrFN7O9S. The van der Waals surface area contributed by atoms with Crippen LogP contribution in [0.3, 0.4) is 0 Å². The first kappa shape index (κ1) is 34.1. The Morgan fingerprint density at radius 2 is 1.65 bits per heavy atom. The molecule has 1 amide bonds. The van der Waals surface area contributed by atoms with Gasteiger partial charge < -0.3 is 19.5 Å². The Morgan fingerprint density at radius 1 is 0.979 bits per heavy atom. The van der Waals surface area contributed by atoms with Crippen molar-refractivity contribution in [3.8, 4) is 28.7 Å². The second-order valence-corrected chi connectivity index (χ2v) is 12.3. The van der Waals surface area contributed by atoms with Gasteiger partial charge in [0.1, 0.15) is 23.9 Å². The number of methoxy groups -OCH3 is 2. The third-order valence-electron chi connectivity index (χ3n) is 6.72. The van der Waals surface area contributed by atoms with Crippen LogP contribution in [-0.4, -0.2) is 66.2 Å². The molecule has 19 heteroatoms. The van der Waals surface area contributed by atoms with Crippen molar-refractivity contribution in [1.29, 1.82) is 0 Å². The van der Waals surface area contributed by atoms with Crippen LogP contribution in [0.4, 0.5) is 15.0 Å². The van der Waals surface area contributed by atoms with E-state index in [-0.39, 0.29) is 53.7 Å². The minimum absolute atomic E-state index is 0.00752. The van der Waals surface area contributed by atoms with Crippen molar-refractivity contribution in [1.82, 2.24) is 29.1 Å². The fourth-order valence-corrected chi connectivity index (χ4v) is 5.71. The lowest BCUT2D eigenvalue weighted by atomic mass is 10.2. The SMILES string of the molecule is COc1ccc(COC(=O)NS(=O)(=O)N(CCNc2nonc2-c2noc(=O)n2-c2ccc(F)c(Br)c2)Cc2ccc(OC)cc2)cc1. The van der Waals surface area contributed by atoms with Crippen LogP contribution in [0.2, 0.25) is 0 Å². The Bertz CT molecular complexity index is 2030. The molecule has 2 heterocycles. The largest absolute Gasteiger partial charge is 0.497 e. The van der Waals surface area contributed by atoms with Gasteiger partial charge in [-0.25, -0.2) is 27.9 Å². The predicted octanol–water partition coefficient (Wildman–Crippen LogP) is 3.88. The lowest BCUT2D eigenvalue weighted by Gasteiger charge is -2.22. The third-order valence-corrected chi connectivity index (χ3v) is 8.74. The molecule has 2 N–H and O–H groups in total. The van der Waals surface area contributed by atoms with Crippen LogP contribution in [0.5, 0.6) is 11.5 Å². The maximum absolute atomic E-state index is 13.8. The quantitative estimate of drug-likeness (QED) is 0.166. The molecule has 3 aromatic carbocycles. The van der Waals surface area contributed by atoms with Gasteiger partial charge in [0.2, 0.25) is 11.6 Å². The summed E-state index contributed by atoms with van der Waals surface area (Å²) in [6, 6.07) is 17.2. The first-order chi connectivity index (χ1) is 23.1. The maximum Gasteiger partial charge on any atom is 0.446 e. The summed E-state index contributed by atoms with van der Waals surface area (Å²) in [4.78, 5) is 25.1. The zero-order chi connectivity index (χ0) is 34.3. The summed E-state index contributed by atoms with van der Waals surface area (Å²) in [7, 11) is -1.43. The lowest BCUT2D eigenvalue weighted by Crippen LogP contribution is -2.45. The van der Waals surface area contributed by atoms with E-state index in [4.69, 9.17) is 23.4 Å². The smallest absolute Gasteiger partial charge is 0.446 e. The normalized spacial score (nSPS) is 11.4. The molecule has 252 valence electrons. The van der Waals surface area contributed by atoms with E-state index in [1.165, 1.54) is 26.4 Å². The van der Waals surface area contributed by atoms with E-state index >= 15 is 0 Å². The highest BCUT2D eigenvalue weighted by atomic mass is 79.9. The topological polar surface area (TPSA) is 193 Å². The first-order valence-corrected chi connectivity index (χ1v) is 16.1. The van der Waals surface area contributed by atoms with Crippen molar-refractivity contribution in [2.45, 2.75) is 13.2 Å². The van der Waals surface area contributed by atoms with Crippen molar-refractivity contribution in [2.24, 2.45) is 0 Å². The zero-order valence-corrected chi connectivity index (χ0v) is 27.7. The molecule has 5 aromatic rings. The van der Waals surface area contributed by atoms with Crippen LogP contribution in [0.15, 0.2) is 85.1 Å². The highest BCUT2D eigenvalue weighted by molar-refractivity contribution is 9.10. The summed E-state index contributed by atoms with van der Waals surface area (Å²) in [5, 5.41) is 14.3. The van der Waals surface area contributed by atoms with Gasteiger partial charge >= 0.3 is 22.1 Å². The fraction of sp³-hybridized carbons (Fsp3) is 0.207. The fourth-order valence-electron chi connectivity index (χ4n) is 4.29. The average molecular weight is 749 g/mol. The standard InChI is InChI=1S/C29H27BrFN7O9S/c1-43-21-8-3-18(4-9-21)16-37(48(41,42)36-28(39)45-17-19-5-10-22(44-2)11-6-19)14-13-32-26-25(33-47-34-26)27-35-46-29(40)38(27)20-7-12-24(31)23(30)15-20/h3-12,15H,13-14,16-17H2,1-2H3,(H,32,34)(H,36,39). The van der Waals surface area contributed by atoms with Gasteiger partial charge in [-0.3, -0.25) is 4.52 Å². The molecule has 0 aliphatic carbocycles. The van der Waals surface area contributed by atoms with E-state index in [9.17, 15) is 22.4 Å². The third kappa shape index (κ3) is 8.17. The Kier molecular flexibility index (Phi) is 10.7. The second-order valence-electron chi connectivity index (χ2n) is 9.81. The van der Waals surface area contributed by atoms with Gasteiger partial charge in [-0.15, -0.1) is 0 Å². The first-order valence-electron chi connectivity index (χ1n) is 13.9. The summed E-state index contributed by atoms with van der Waals surface area (Å²) in [6.07, 6.45) is -1.18. The van der Waals surface area contributed by atoms with Crippen LogP contribution in [-0.2, 0) is 28.1 Å². The Morgan fingerprint density at radius 3 is 2.29 bits per heavy atom. The van der Waals surface area contributed by atoms with Gasteiger partial charge in [0.15, 0.2) is 5.69 Å². The number of hydrogen-bond donors (Lipinski definition) is 2. The van der Waals surface area contributed by atoms with Crippen molar-refractivity contribution in [3.63, 3.8) is 0 Å². The molecule has 2 aromatic heterocycles. The molecule has 0 unspecified atom stereocenters. The molecule has 48 heavy (non-hydrogen) atoms. The highest BCUT2D eigenvalue weighted by Gasteiger charge is 2.27. The van der Waals surface area contributed by atoms with E-state index in [0.29, 0.717) is 22.6 Å². The minimum Gasteiger partial charge on any atom is -0.497 e. The number of benzene rings is 3. The van der Waals surface area contributed by atoms with Gasteiger partial charge in [-0.2, -0.15) is 12.7 Å². The number of nitrogens with zero attached hydrogens (tertiary/aromatic N) is 5. The minimum atomic E-state index is -4.45. The maximum atomic E-state index is 13.8. The highest BCUT2D eigenvalue weighted by Crippen LogP contribution is 2.26. The van der Waals surface area contributed by atoms with Gasteiger partial charge in [-0.05, 0) is 79.8 Å². The number of ether oxygens (including phenoxy) is 3. The molecule has 0 atom stereocenters. The summed E-state index contributed by atoms with van der Waals surface area (Å²) < 4.78 is 69.8. The van der Waals surface area contributed by atoms with E-state index in [1.807, 2.05) is 4.72 Å². The molecule has 0 radical (unpaired) electrons. The van der Waals surface area contributed by atoms with Crippen LogP contribution in [0.1, 0.15) is 11.1 Å². The van der Waals surface area contributed by atoms with Crippen LogP contribution in [0, 0.1) is 5.82 Å². The number of hydrogen-bond acceptors (Lipinski definition) is 13. The van der Waals surface area contributed by atoms with Gasteiger partial charge in [0, 0.05) is 19.6 Å². The molecule has 0 saturated carbocycles. The molecule has 0 spiro atoms. The molecular weight excluding hydrogens is 721 g/mol. The average Bonchev–Trinajstić information content (AvgIpc) is 3.70. The van der Waals surface area contributed by atoms with E-state index in [1.54, 1.807) is 48.5 Å². The number of aromatic nitrogens is 4. The summed E-state index contributed by atoms with van der Waals surface area (Å²) in [5.41, 5.74) is 1.36. The van der Waals surface area contributed by atoms with Crippen molar-refractivity contribution >= 4 is 38.1 Å². The van der Waals surface area contributed by atoms with Crippen molar-refractivity contribution < 1.29 is 41.0 Å². The van der Waals surface area contributed by atoms with Gasteiger partial charge in [0.25, 0.3) is 0 Å². The van der Waals surface area contributed by atoms with E-state index in [0.717, 1.165) is 14.9 Å². The van der Waals surface area contributed by atoms with E-state index < -0.39 is 27.9 Å². The Labute approximate surface area is 280 Å². The number of carbonyl (C=O) groups is 1. The molecule has 0 saturated heterocycles. The zero-order valence-electron chi connectivity index (χ0n) is 25.3. The van der Waals surface area contributed by atoms with Crippen LogP contribution < -0.4 is 25.3 Å². The number of nitrogens with one attached hydrogen (secondary N) is 2. The lowest BCUT2D eigenvalue weighted by molar-refractivity contribution is 0.145.